The minimum Gasteiger partial charge on any atom is -0.462 e. The molecule has 0 spiro atoms. The first-order valence-corrected chi connectivity index (χ1v) is 8.68. The van der Waals surface area contributed by atoms with Gasteiger partial charge in [0.25, 0.3) is 0 Å². The number of aromatic nitrogens is 1. The van der Waals surface area contributed by atoms with Gasteiger partial charge in [0.1, 0.15) is 5.82 Å². The van der Waals surface area contributed by atoms with E-state index in [0.717, 1.165) is 17.0 Å². The maximum Gasteiger partial charge on any atom is 0.352 e. The van der Waals surface area contributed by atoms with Crippen molar-refractivity contribution in [1.82, 2.24) is 4.57 Å². The molecule has 0 unspecified atom stereocenters. The molecular formula is C15H15ClN2O3S2. The summed E-state index contributed by atoms with van der Waals surface area (Å²) < 4.78 is 7.14. The number of carbonyl (C=O) groups is 2. The predicted molar refractivity (Wildman–Crippen MR) is 94.4 cm³/mol. The molecule has 23 heavy (non-hydrogen) atoms. The Balaban J connectivity index is 2.54. The molecule has 1 aromatic carbocycles. The average molecular weight is 371 g/mol. The normalized spacial score (nSPS) is 10.3. The van der Waals surface area contributed by atoms with Gasteiger partial charge in [0.15, 0.2) is 8.83 Å². The molecule has 8 heteroatoms. The van der Waals surface area contributed by atoms with Crippen LogP contribution in [0.3, 0.4) is 0 Å². The van der Waals surface area contributed by atoms with E-state index < -0.39 is 5.97 Å². The van der Waals surface area contributed by atoms with E-state index in [1.54, 1.807) is 11.5 Å². The third kappa shape index (κ3) is 4.19. The highest BCUT2D eigenvalue weighted by Crippen LogP contribution is 2.29. The molecule has 1 heterocycles. The molecule has 1 amide bonds. The van der Waals surface area contributed by atoms with E-state index in [1.807, 2.05) is 30.3 Å². The number of halogens is 1. The van der Waals surface area contributed by atoms with Crippen LogP contribution in [0.25, 0.3) is 5.69 Å². The Labute approximate surface area is 147 Å². The van der Waals surface area contributed by atoms with Crippen molar-refractivity contribution in [2.45, 2.75) is 13.3 Å². The van der Waals surface area contributed by atoms with Crippen LogP contribution in [0.1, 0.15) is 23.0 Å². The van der Waals surface area contributed by atoms with Crippen LogP contribution in [0.4, 0.5) is 5.82 Å². The molecule has 0 bridgehead atoms. The molecule has 2 aromatic rings. The average Bonchev–Trinajstić information content (AvgIpc) is 2.85. The van der Waals surface area contributed by atoms with Crippen molar-refractivity contribution in [3.8, 4) is 5.69 Å². The zero-order chi connectivity index (χ0) is 16.8. The Kier molecular flexibility index (Phi) is 6.32. The first kappa shape index (κ1) is 17.7. The summed E-state index contributed by atoms with van der Waals surface area (Å²) in [6.45, 7) is 1.96. The molecule has 1 aromatic heterocycles. The van der Waals surface area contributed by atoms with Crippen molar-refractivity contribution in [2.24, 2.45) is 0 Å². The lowest BCUT2D eigenvalue weighted by Gasteiger charge is -2.11. The van der Waals surface area contributed by atoms with Crippen LogP contribution in [-0.2, 0) is 9.53 Å². The van der Waals surface area contributed by atoms with E-state index >= 15 is 0 Å². The third-order valence-electron chi connectivity index (χ3n) is 2.87. The first-order valence-electron chi connectivity index (χ1n) is 6.92. The van der Waals surface area contributed by atoms with Crippen LogP contribution < -0.4 is 5.32 Å². The lowest BCUT2D eigenvalue weighted by Crippen LogP contribution is -2.17. The van der Waals surface area contributed by atoms with Crippen molar-refractivity contribution in [2.75, 3.05) is 17.8 Å². The van der Waals surface area contributed by atoms with E-state index in [-0.39, 0.29) is 29.7 Å². The Hall–Kier alpha value is -1.70. The van der Waals surface area contributed by atoms with Gasteiger partial charge in [-0.05, 0) is 31.3 Å². The van der Waals surface area contributed by atoms with E-state index in [2.05, 4.69) is 5.32 Å². The van der Waals surface area contributed by atoms with Crippen LogP contribution in [-0.4, -0.2) is 28.9 Å². The summed E-state index contributed by atoms with van der Waals surface area (Å²) in [5, 5.41) is 2.72. The number of amides is 1. The van der Waals surface area contributed by atoms with E-state index in [0.29, 0.717) is 9.77 Å². The minimum absolute atomic E-state index is 0.140. The SMILES string of the molecule is CCOC(=O)c1sc(=S)n(-c2ccccc2)c1NC(=O)CCCl. The largest absolute Gasteiger partial charge is 0.462 e. The van der Waals surface area contributed by atoms with Gasteiger partial charge < -0.3 is 10.1 Å². The smallest absolute Gasteiger partial charge is 0.352 e. The van der Waals surface area contributed by atoms with Crippen molar-refractivity contribution >= 4 is 52.8 Å². The predicted octanol–water partition coefficient (Wildman–Crippen LogP) is 4.01. The Morgan fingerprint density at radius 3 is 2.65 bits per heavy atom. The van der Waals surface area contributed by atoms with E-state index in [9.17, 15) is 9.59 Å². The number of anilines is 1. The van der Waals surface area contributed by atoms with E-state index in [1.165, 1.54) is 0 Å². The van der Waals surface area contributed by atoms with Crippen LogP contribution in [0.2, 0.25) is 0 Å². The fourth-order valence-corrected chi connectivity index (χ4v) is 3.38. The van der Waals surface area contributed by atoms with Crippen LogP contribution in [0, 0.1) is 3.95 Å². The molecular weight excluding hydrogens is 356 g/mol. The molecule has 0 aliphatic heterocycles. The van der Waals surface area contributed by atoms with Gasteiger partial charge in [-0.2, -0.15) is 0 Å². The molecule has 0 atom stereocenters. The van der Waals surface area contributed by atoms with Crippen LogP contribution >= 0.6 is 35.2 Å². The number of rotatable bonds is 6. The maximum atomic E-state index is 12.2. The lowest BCUT2D eigenvalue weighted by atomic mass is 10.3. The number of nitrogens with one attached hydrogen (secondary N) is 1. The molecule has 0 saturated heterocycles. The minimum atomic E-state index is -0.514. The number of carbonyl (C=O) groups excluding carboxylic acids is 2. The van der Waals surface area contributed by atoms with Crippen molar-refractivity contribution in [3.63, 3.8) is 0 Å². The molecule has 0 aliphatic rings. The van der Waals surface area contributed by atoms with Gasteiger partial charge >= 0.3 is 5.97 Å². The number of hydrogen-bond acceptors (Lipinski definition) is 5. The highest BCUT2D eigenvalue weighted by molar-refractivity contribution is 7.73. The number of thiazole rings is 1. The van der Waals surface area contributed by atoms with Gasteiger partial charge in [0, 0.05) is 18.0 Å². The summed E-state index contributed by atoms with van der Waals surface area (Å²) >= 11 is 12.1. The van der Waals surface area contributed by atoms with Gasteiger partial charge in [0.05, 0.1) is 6.61 Å². The highest BCUT2D eigenvalue weighted by Gasteiger charge is 2.22. The number of ether oxygens (including phenoxy) is 1. The molecule has 1 N–H and O–H groups in total. The van der Waals surface area contributed by atoms with Crippen LogP contribution in [0.5, 0.6) is 0 Å². The van der Waals surface area contributed by atoms with Gasteiger partial charge in [0.2, 0.25) is 5.91 Å². The van der Waals surface area contributed by atoms with Gasteiger partial charge in [-0.3, -0.25) is 9.36 Å². The van der Waals surface area contributed by atoms with Crippen molar-refractivity contribution in [3.05, 3.63) is 39.2 Å². The fraction of sp³-hybridized carbons (Fsp3) is 0.267. The molecule has 0 fully saturated rings. The molecule has 5 nitrogen and oxygen atoms in total. The number of alkyl halides is 1. The van der Waals surface area contributed by atoms with Gasteiger partial charge in [-0.15, -0.1) is 11.6 Å². The second kappa shape index (κ2) is 8.24. The van der Waals surface area contributed by atoms with E-state index in [4.69, 9.17) is 28.6 Å². The summed E-state index contributed by atoms with van der Waals surface area (Å²) in [5.41, 5.74) is 0.755. The highest BCUT2D eigenvalue weighted by atomic mass is 35.5. The molecule has 122 valence electrons. The molecule has 0 radical (unpaired) electrons. The van der Waals surface area contributed by atoms with Gasteiger partial charge in [-0.25, -0.2) is 4.79 Å². The van der Waals surface area contributed by atoms with Gasteiger partial charge in [-0.1, -0.05) is 29.5 Å². The molecule has 2 rings (SSSR count). The number of esters is 1. The molecule has 0 aliphatic carbocycles. The quantitative estimate of drug-likeness (QED) is 0.474. The van der Waals surface area contributed by atoms with Crippen LogP contribution in [0.15, 0.2) is 30.3 Å². The molecule has 0 saturated carbocycles. The second-order valence-corrected chi connectivity index (χ2v) is 6.45. The summed E-state index contributed by atoms with van der Waals surface area (Å²) in [6, 6.07) is 9.26. The number of para-hydroxylation sites is 1. The number of benzene rings is 1. The summed E-state index contributed by atoms with van der Waals surface area (Å²) in [6.07, 6.45) is 0.140. The van der Waals surface area contributed by atoms with Crippen molar-refractivity contribution < 1.29 is 14.3 Å². The topological polar surface area (TPSA) is 60.3 Å². The van der Waals surface area contributed by atoms with Crippen molar-refractivity contribution in [1.29, 1.82) is 0 Å². The summed E-state index contributed by atoms with van der Waals surface area (Å²) in [5.74, 6) is -0.293. The monoisotopic (exact) mass is 370 g/mol. The Bertz CT molecular complexity index is 756. The zero-order valence-corrected chi connectivity index (χ0v) is 14.8. The maximum absolute atomic E-state index is 12.2. The zero-order valence-electron chi connectivity index (χ0n) is 12.4. The summed E-state index contributed by atoms with van der Waals surface area (Å²) in [4.78, 5) is 24.4. The third-order valence-corrected chi connectivity index (χ3v) is 4.41. The Morgan fingerprint density at radius 2 is 2.04 bits per heavy atom. The number of hydrogen-bond donors (Lipinski definition) is 1. The Morgan fingerprint density at radius 1 is 1.35 bits per heavy atom. The fourth-order valence-electron chi connectivity index (χ4n) is 1.91. The standard InChI is InChI=1S/C15H15ClN2O3S2/c1-2-21-14(20)12-13(17-11(19)8-9-16)18(15(22)23-12)10-6-4-3-5-7-10/h3-7H,2,8-9H2,1H3,(H,17,19). The first-order chi connectivity index (χ1) is 11.1. The lowest BCUT2D eigenvalue weighted by molar-refractivity contribution is -0.115. The summed E-state index contributed by atoms with van der Waals surface area (Å²) in [7, 11) is 0. The second-order valence-electron chi connectivity index (χ2n) is 4.42. The number of nitrogens with zero attached hydrogens (tertiary/aromatic N) is 1.